The van der Waals surface area contributed by atoms with Crippen molar-refractivity contribution in [2.45, 2.75) is 19.0 Å². The Hall–Kier alpha value is 0.510. The number of hydrogen-bond donors (Lipinski definition) is 0. The van der Waals surface area contributed by atoms with Gasteiger partial charge >= 0.3 is 0 Å². The van der Waals surface area contributed by atoms with E-state index in [0.717, 1.165) is 5.66 Å². The third kappa shape index (κ3) is 4.95. The fourth-order valence-electron chi connectivity index (χ4n) is 2.29. The molecule has 4 atom stereocenters. The van der Waals surface area contributed by atoms with Crippen LogP contribution in [0.1, 0.15) is 13.3 Å². The maximum atomic E-state index is 2.47. The molecule has 1 fully saturated rings. The Balaban J connectivity index is 2.01. The molecule has 0 spiro atoms. The van der Waals surface area contributed by atoms with E-state index in [9.17, 15) is 0 Å². The van der Waals surface area contributed by atoms with E-state index in [-0.39, 0.29) is 7.92 Å². The molecule has 0 saturated carbocycles. The molecule has 0 aromatic heterocycles. The number of hydrogen-bond acceptors (Lipinski definition) is 0. The number of rotatable bonds is 1. The molecule has 0 bridgehead atoms. The molecule has 0 amide bonds. The summed E-state index contributed by atoms with van der Waals surface area (Å²) in [5, 5.41) is 1.64. The predicted molar refractivity (Wildman–Crippen MR) is 88.0 cm³/mol. The van der Waals surface area contributed by atoms with Crippen LogP contribution >= 0.6 is 25.1 Å². The maximum Gasteiger partial charge on any atom is -0.0223 e. The molecular weight excluding hydrogens is 261 g/mol. The zero-order valence-corrected chi connectivity index (χ0v) is 13.5. The van der Waals surface area contributed by atoms with Gasteiger partial charge in [0.25, 0.3) is 0 Å². The summed E-state index contributed by atoms with van der Waals surface area (Å²) in [4.78, 5) is 0. The third-order valence-corrected chi connectivity index (χ3v) is 9.66. The van der Waals surface area contributed by atoms with Crippen LogP contribution in [0.15, 0.2) is 30.3 Å². The Kier molecular flexibility index (Phi) is 6.42. The lowest BCUT2D eigenvalue weighted by Gasteiger charge is -2.23. The highest BCUT2D eigenvalue weighted by Crippen LogP contribution is 2.41. The minimum absolute atomic E-state index is 0.133. The highest BCUT2D eigenvalue weighted by molar-refractivity contribution is 7.66. The summed E-state index contributed by atoms with van der Waals surface area (Å²) in [6.07, 6.45) is 8.91. The van der Waals surface area contributed by atoms with Crippen LogP contribution < -0.4 is 5.30 Å². The Morgan fingerprint density at radius 1 is 1.12 bits per heavy atom. The van der Waals surface area contributed by atoms with Crippen molar-refractivity contribution in [1.82, 2.24) is 0 Å². The summed E-state index contributed by atoms with van der Waals surface area (Å²) in [5.41, 5.74) is 0.962. The van der Waals surface area contributed by atoms with Crippen molar-refractivity contribution < 1.29 is 0 Å². The van der Waals surface area contributed by atoms with E-state index in [1.165, 1.54) is 54.4 Å². The van der Waals surface area contributed by atoms with Gasteiger partial charge in [0.2, 0.25) is 0 Å². The average Bonchev–Trinajstić information content (AvgIpc) is 2.38. The van der Waals surface area contributed by atoms with E-state index in [4.69, 9.17) is 0 Å². The van der Waals surface area contributed by atoms with Crippen LogP contribution in [0.4, 0.5) is 0 Å². The molecule has 1 aliphatic rings. The van der Waals surface area contributed by atoms with Crippen LogP contribution in [0.3, 0.4) is 0 Å². The van der Waals surface area contributed by atoms with Crippen molar-refractivity contribution in [3.63, 3.8) is 0 Å². The maximum absolute atomic E-state index is 2.47. The van der Waals surface area contributed by atoms with Gasteiger partial charge in [-0.2, -0.15) is 0 Å². The summed E-state index contributed by atoms with van der Waals surface area (Å²) in [5.74, 6) is 0. The van der Waals surface area contributed by atoms with E-state index in [0.29, 0.717) is 0 Å². The van der Waals surface area contributed by atoms with Crippen LogP contribution in [0.5, 0.6) is 0 Å². The van der Waals surface area contributed by atoms with Gasteiger partial charge in [0.1, 0.15) is 0 Å². The standard InChI is InChI=1S/C14H23P3/c1-13-12-17(14-6-3-2-4-7-14)11-5-8-15-9-10-16-13/h2-4,6-7,13,15-16H,5,8-12H2,1H3. The minimum atomic E-state index is 0.133. The molecule has 4 unspecified atom stereocenters. The first kappa shape index (κ1) is 13.9. The van der Waals surface area contributed by atoms with Crippen molar-refractivity contribution in [2.24, 2.45) is 0 Å². The SMILES string of the molecule is CC1CP(c2ccccc2)CCCPCCP1. The lowest BCUT2D eigenvalue weighted by atomic mass is 10.4. The Morgan fingerprint density at radius 3 is 2.76 bits per heavy atom. The quantitative estimate of drug-likeness (QED) is 0.685. The van der Waals surface area contributed by atoms with E-state index in [2.05, 4.69) is 37.3 Å². The predicted octanol–water partition coefficient (Wildman–Crippen LogP) is 3.94. The van der Waals surface area contributed by atoms with Crippen LogP contribution in [0.2, 0.25) is 0 Å². The molecular formula is C14H23P3. The van der Waals surface area contributed by atoms with Gasteiger partial charge in [0.05, 0.1) is 0 Å². The largest absolute Gasteiger partial charge is 0.122 e. The topological polar surface area (TPSA) is 0 Å². The highest BCUT2D eigenvalue weighted by atomic mass is 31.1. The highest BCUT2D eigenvalue weighted by Gasteiger charge is 2.15. The van der Waals surface area contributed by atoms with Crippen LogP contribution in [0.25, 0.3) is 0 Å². The molecule has 0 N–H and O–H groups in total. The monoisotopic (exact) mass is 284 g/mol. The first-order chi connectivity index (χ1) is 8.36. The molecule has 1 aromatic rings. The molecule has 1 aliphatic heterocycles. The second kappa shape index (κ2) is 7.84. The summed E-state index contributed by atoms with van der Waals surface area (Å²) in [6, 6.07) is 11.3. The van der Waals surface area contributed by atoms with Gasteiger partial charge in [-0.15, -0.1) is 17.2 Å². The van der Waals surface area contributed by atoms with E-state index >= 15 is 0 Å². The van der Waals surface area contributed by atoms with Gasteiger partial charge in [0.15, 0.2) is 0 Å². The molecule has 0 radical (unpaired) electrons. The molecule has 3 heteroatoms. The minimum Gasteiger partial charge on any atom is -0.122 e. The Morgan fingerprint density at radius 2 is 1.94 bits per heavy atom. The molecule has 0 nitrogen and oxygen atoms in total. The Bertz CT molecular complexity index is 313. The number of benzene rings is 1. The normalized spacial score (nSPS) is 30.4. The zero-order chi connectivity index (χ0) is 11.9. The van der Waals surface area contributed by atoms with Gasteiger partial charge in [0, 0.05) is 0 Å². The molecule has 1 saturated heterocycles. The van der Waals surface area contributed by atoms with Gasteiger partial charge < -0.3 is 0 Å². The summed E-state index contributed by atoms with van der Waals surface area (Å²) < 4.78 is 0. The fraction of sp³-hybridized carbons (Fsp3) is 0.571. The van der Waals surface area contributed by atoms with Crippen LogP contribution in [-0.2, 0) is 0 Å². The van der Waals surface area contributed by atoms with Crippen molar-refractivity contribution in [1.29, 1.82) is 0 Å². The van der Waals surface area contributed by atoms with E-state index < -0.39 is 0 Å². The smallest absolute Gasteiger partial charge is 0.0223 e. The van der Waals surface area contributed by atoms with Crippen molar-refractivity contribution in [2.75, 3.05) is 30.8 Å². The molecule has 2 rings (SSSR count). The van der Waals surface area contributed by atoms with E-state index in [1.54, 1.807) is 5.30 Å². The van der Waals surface area contributed by atoms with E-state index in [1.807, 2.05) is 0 Å². The molecule has 0 aliphatic carbocycles. The molecule has 1 heterocycles. The first-order valence-electron chi connectivity index (χ1n) is 6.60. The average molecular weight is 284 g/mol. The second-order valence-corrected chi connectivity index (χ2v) is 10.5. The Labute approximate surface area is 111 Å². The lowest BCUT2D eigenvalue weighted by molar-refractivity contribution is 1.06. The molecule has 1 aromatic carbocycles. The van der Waals surface area contributed by atoms with Crippen LogP contribution in [-0.4, -0.2) is 36.5 Å². The van der Waals surface area contributed by atoms with Gasteiger partial charge in [-0.05, 0) is 48.2 Å². The van der Waals surface area contributed by atoms with Crippen LogP contribution in [0, 0.1) is 0 Å². The van der Waals surface area contributed by atoms with Crippen molar-refractivity contribution in [3.05, 3.63) is 30.3 Å². The van der Waals surface area contributed by atoms with Crippen molar-refractivity contribution in [3.8, 4) is 0 Å². The molecule has 94 valence electrons. The van der Waals surface area contributed by atoms with Gasteiger partial charge in [-0.25, -0.2) is 0 Å². The zero-order valence-electron chi connectivity index (χ0n) is 10.7. The summed E-state index contributed by atoms with van der Waals surface area (Å²) in [6.45, 7) is 2.47. The fourth-order valence-corrected chi connectivity index (χ4v) is 8.66. The second-order valence-electron chi connectivity index (χ2n) is 4.74. The first-order valence-corrected chi connectivity index (χ1v) is 11.0. The summed E-state index contributed by atoms with van der Waals surface area (Å²) in [7, 11) is 2.58. The van der Waals surface area contributed by atoms with Gasteiger partial charge in [-0.1, -0.05) is 45.2 Å². The molecule has 17 heavy (non-hydrogen) atoms. The lowest BCUT2D eigenvalue weighted by Crippen LogP contribution is -2.13. The van der Waals surface area contributed by atoms with Gasteiger partial charge in [-0.3, -0.25) is 0 Å². The third-order valence-electron chi connectivity index (χ3n) is 3.19. The van der Waals surface area contributed by atoms with Crippen molar-refractivity contribution >= 4 is 30.4 Å². The summed E-state index contributed by atoms with van der Waals surface area (Å²) >= 11 is 0.